The monoisotopic (exact) mass is 290 g/mol. The van der Waals surface area contributed by atoms with Crippen LogP contribution in [0.4, 0.5) is 15.8 Å². The van der Waals surface area contributed by atoms with E-state index in [9.17, 15) is 9.18 Å². The zero-order chi connectivity index (χ0) is 15.4. The summed E-state index contributed by atoms with van der Waals surface area (Å²) in [5.41, 5.74) is 1.87. The lowest BCUT2D eigenvalue weighted by Crippen LogP contribution is -2.07. The van der Waals surface area contributed by atoms with Gasteiger partial charge in [0.1, 0.15) is 5.82 Å². The van der Waals surface area contributed by atoms with Crippen LogP contribution in [-0.2, 0) is 11.3 Å². The van der Waals surface area contributed by atoms with E-state index in [2.05, 4.69) is 15.7 Å². The van der Waals surface area contributed by atoms with Gasteiger partial charge >= 0.3 is 0 Å². The molecule has 1 aromatic carbocycles. The molecule has 2 N–H and O–H groups in total. The Morgan fingerprint density at radius 1 is 1.43 bits per heavy atom. The maximum Gasteiger partial charge on any atom is 0.221 e. The lowest BCUT2D eigenvalue weighted by molar-refractivity contribution is -0.114. The summed E-state index contributed by atoms with van der Waals surface area (Å²) in [6.07, 6.45) is 3.68. The van der Waals surface area contributed by atoms with Crippen molar-refractivity contribution in [2.24, 2.45) is 0 Å². The van der Waals surface area contributed by atoms with Crippen LogP contribution in [0.1, 0.15) is 32.4 Å². The van der Waals surface area contributed by atoms with Crippen LogP contribution in [0.25, 0.3) is 0 Å². The lowest BCUT2D eigenvalue weighted by Gasteiger charge is -2.09. The van der Waals surface area contributed by atoms with Crippen LogP contribution >= 0.6 is 0 Å². The molecule has 1 aromatic heterocycles. The second-order valence-corrected chi connectivity index (χ2v) is 5.15. The first-order valence-corrected chi connectivity index (χ1v) is 6.79. The van der Waals surface area contributed by atoms with Gasteiger partial charge in [-0.25, -0.2) is 4.39 Å². The molecule has 0 radical (unpaired) electrons. The van der Waals surface area contributed by atoms with Crippen LogP contribution in [0.3, 0.4) is 0 Å². The van der Waals surface area contributed by atoms with Crippen molar-refractivity contribution in [1.82, 2.24) is 9.78 Å². The minimum atomic E-state index is -0.361. The first-order valence-electron chi connectivity index (χ1n) is 6.79. The standard InChI is InChI=1S/C15H19FN4O/c1-10(2)20-9-12(8-18-20)7-17-15-6-13(19-11(3)21)4-5-14(15)16/h4-6,8-10,17H,7H2,1-3H3,(H,19,21). The third-order valence-electron chi connectivity index (χ3n) is 2.95. The number of nitrogens with zero attached hydrogens (tertiary/aromatic N) is 2. The molecule has 1 amide bonds. The van der Waals surface area contributed by atoms with Crippen LogP contribution < -0.4 is 10.6 Å². The van der Waals surface area contributed by atoms with Gasteiger partial charge in [-0.05, 0) is 32.0 Å². The Bertz CT molecular complexity index is 636. The van der Waals surface area contributed by atoms with Crippen LogP contribution in [0, 0.1) is 5.82 Å². The predicted octanol–water partition coefficient (Wildman–Crippen LogP) is 3.17. The highest BCUT2D eigenvalue weighted by atomic mass is 19.1. The summed E-state index contributed by atoms with van der Waals surface area (Å²) >= 11 is 0. The summed E-state index contributed by atoms with van der Waals surface area (Å²) in [7, 11) is 0. The summed E-state index contributed by atoms with van der Waals surface area (Å²) in [5, 5.41) is 9.88. The summed E-state index contributed by atoms with van der Waals surface area (Å²) in [5.74, 6) is -0.550. The van der Waals surface area contributed by atoms with E-state index in [0.29, 0.717) is 24.0 Å². The van der Waals surface area contributed by atoms with Crippen molar-refractivity contribution in [1.29, 1.82) is 0 Å². The molecule has 0 unspecified atom stereocenters. The summed E-state index contributed by atoms with van der Waals surface area (Å²) in [6.45, 7) is 5.96. The number of aromatic nitrogens is 2. The average Bonchev–Trinajstić information content (AvgIpc) is 2.88. The molecule has 0 saturated heterocycles. The highest BCUT2D eigenvalue weighted by Gasteiger charge is 2.06. The fourth-order valence-electron chi connectivity index (χ4n) is 1.89. The van der Waals surface area contributed by atoms with Gasteiger partial charge in [-0.3, -0.25) is 9.48 Å². The molecule has 0 bridgehead atoms. The summed E-state index contributed by atoms with van der Waals surface area (Å²) in [6, 6.07) is 4.71. The average molecular weight is 290 g/mol. The zero-order valence-corrected chi connectivity index (χ0v) is 12.4. The van der Waals surface area contributed by atoms with Crippen LogP contribution in [-0.4, -0.2) is 15.7 Å². The molecule has 6 heteroatoms. The van der Waals surface area contributed by atoms with Crippen molar-refractivity contribution < 1.29 is 9.18 Å². The molecule has 0 atom stereocenters. The van der Waals surface area contributed by atoms with Gasteiger partial charge in [-0.1, -0.05) is 0 Å². The van der Waals surface area contributed by atoms with Gasteiger partial charge in [0, 0.05) is 37.0 Å². The Balaban J connectivity index is 2.06. The Kier molecular flexibility index (Phi) is 4.57. The molecular formula is C15H19FN4O. The number of benzene rings is 1. The number of anilines is 2. The fourth-order valence-corrected chi connectivity index (χ4v) is 1.89. The Morgan fingerprint density at radius 2 is 2.19 bits per heavy atom. The normalized spacial score (nSPS) is 10.7. The van der Waals surface area contributed by atoms with Crippen LogP contribution in [0.5, 0.6) is 0 Å². The van der Waals surface area contributed by atoms with Gasteiger partial charge in [-0.2, -0.15) is 5.10 Å². The quantitative estimate of drug-likeness (QED) is 0.889. The van der Waals surface area contributed by atoms with Crippen molar-refractivity contribution in [3.8, 4) is 0 Å². The van der Waals surface area contributed by atoms with E-state index in [1.165, 1.54) is 19.1 Å². The minimum absolute atomic E-state index is 0.189. The molecule has 5 nitrogen and oxygen atoms in total. The number of carbonyl (C=O) groups is 1. The number of halogens is 1. The van der Waals surface area contributed by atoms with Crippen molar-refractivity contribution in [2.45, 2.75) is 33.4 Å². The SMILES string of the molecule is CC(=O)Nc1ccc(F)c(NCc2cnn(C(C)C)c2)c1. The second-order valence-electron chi connectivity index (χ2n) is 5.15. The summed E-state index contributed by atoms with van der Waals surface area (Å²) < 4.78 is 15.6. The van der Waals surface area contributed by atoms with E-state index >= 15 is 0 Å². The fraction of sp³-hybridized carbons (Fsp3) is 0.333. The van der Waals surface area contributed by atoms with Crippen molar-refractivity contribution in [3.05, 3.63) is 42.0 Å². The topological polar surface area (TPSA) is 59.0 Å². The van der Waals surface area contributed by atoms with E-state index in [4.69, 9.17) is 0 Å². The van der Waals surface area contributed by atoms with E-state index in [0.717, 1.165) is 5.56 Å². The molecule has 0 aliphatic rings. The molecular weight excluding hydrogens is 271 g/mol. The van der Waals surface area contributed by atoms with Gasteiger partial charge in [0.05, 0.1) is 11.9 Å². The van der Waals surface area contributed by atoms with Crippen molar-refractivity contribution in [3.63, 3.8) is 0 Å². The van der Waals surface area contributed by atoms with Gasteiger partial charge in [0.2, 0.25) is 5.91 Å². The predicted molar refractivity (Wildman–Crippen MR) is 80.6 cm³/mol. The molecule has 0 spiro atoms. The molecule has 0 aliphatic heterocycles. The van der Waals surface area contributed by atoms with Gasteiger partial charge in [0.15, 0.2) is 0 Å². The lowest BCUT2D eigenvalue weighted by atomic mass is 10.2. The maximum absolute atomic E-state index is 13.7. The van der Waals surface area contributed by atoms with E-state index < -0.39 is 0 Å². The van der Waals surface area contributed by atoms with Gasteiger partial charge < -0.3 is 10.6 Å². The highest BCUT2D eigenvalue weighted by molar-refractivity contribution is 5.89. The number of hydrogen-bond donors (Lipinski definition) is 2. The van der Waals surface area contributed by atoms with E-state index in [-0.39, 0.29) is 11.7 Å². The molecule has 0 fully saturated rings. The smallest absolute Gasteiger partial charge is 0.221 e. The van der Waals surface area contributed by atoms with E-state index in [1.54, 1.807) is 12.3 Å². The molecule has 21 heavy (non-hydrogen) atoms. The van der Waals surface area contributed by atoms with Crippen molar-refractivity contribution >= 4 is 17.3 Å². The first kappa shape index (κ1) is 15.0. The van der Waals surface area contributed by atoms with Crippen LogP contribution in [0.2, 0.25) is 0 Å². The third-order valence-corrected chi connectivity index (χ3v) is 2.95. The Labute approximate surface area is 123 Å². The second kappa shape index (κ2) is 6.39. The number of nitrogens with one attached hydrogen (secondary N) is 2. The van der Waals surface area contributed by atoms with Gasteiger partial charge in [-0.15, -0.1) is 0 Å². The Morgan fingerprint density at radius 3 is 2.81 bits per heavy atom. The number of amides is 1. The number of carbonyl (C=O) groups excluding carboxylic acids is 1. The molecule has 2 rings (SSSR count). The molecule has 0 saturated carbocycles. The minimum Gasteiger partial charge on any atom is -0.378 e. The molecule has 0 aliphatic carbocycles. The van der Waals surface area contributed by atoms with Crippen molar-refractivity contribution in [2.75, 3.05) is 10.6 Å². The Hall–Kier alpha value is -2.37. The largest absolute Gasteiger partial charge is 0.378 e. The van der Waals surface area contributed by atoms with Crippen LogP contribution in [0.15, 0.2) is 30.6 Å². The summed E-state index contributed by atoms with van der Waals surface area (Å²) in [4.78, 5) is 11.0. The zero-order valence-electron chi connectivity index (χ0n) is 12.4. The van der Waals surface area contributed by atoms with Gasteiger partial charge in [0.25, 0.3) is 0 Å². The third kappa shape index (κ3) is 4.05. The highest BCUT2D eigenvalue weighted by Crippen LogP contribution is 2.20. The first-order chi connectivity index (χ1) is 9.95. The molecule has 2 aromatic rings. The number of hydrogen-bond acceptors (Lipinski definition) is 3. The van der Waals surface area contributed by atoms with E-state index in [1.807, 2.05) is 24.7 Å². The maximum atomic E-state index is 13.7. The number of rotatable bonds is 5. The molecule has 1 heterocycles. The molecule has 112 valence electrons.